The number of urea groups is 1. The monoisotopic (exact) mass is 306 g/mol. The van der Waals surface area contributed by atoms with Gasteiger partial charge in [-0.05, 0) is 57.2 Å². The molecule has 0 radical (unpaired) electrons. The molecule has 0 spiro atoms. The Kier molecular flexibility index (Phi) is 5.92. The molecule has 1 aromatic carbocycles. The van der Waals surface area contributed by atoms with Crippen molar-refractivity contribution in [2.45, 2.75) is 58.2 Å². The Hall–Kier alpha value is -1.91. The Bertz CT molecular complexity index is 497. The highest BCUT2D eigenvalue weighted by atomic mass is 16.5. The smallest absolute Gasteiger partial charge is 0.315 e. The first-order valence-corrected chi connectivity index (χ1v) is 7.96. The van der Waals surface area contributed by atoms with E-state index < -0.39 is 0 Å². The number of hydrogen-bond acceptors (Lipinski definition) is 3. The lowest BCUT2D eigenvalue weighted by Crippen LogP contribution is -2.39. The lowest BCUT2D eigenvalue weighted by Gasteiger charge is -2.17. The molecule has 0 atom stereocenters. The third kappa shape index (κ3) is 4.83. The van der Waals surface area contributed by atoms with Crippen LogP contribution in [0.4, 0.5) is 4.79 Å². The summed E-state index contributed by atoms with van der Waals surface area (Å²) in [6.45, 7) is 4.32. The zero-order chi connectivity index (χ0) is 15.9. The van der Waals surface area contributed by atoms with Crippen LogP contribution in [0.5, 0.6) is 11.5 Å². The number of benzene rings is 1. The second kappa shape index (κ2) is 7.92. The summed E-state index contributed by atoms with van der Waals surface area (Å²) >= 11 is 0. The summed E-state index contributed by atoms with van der Waals surface area (Å²) in [7, 11) is 1.64. The van der Waals surface area contributed by atoms with Gasteiger partial charge in [-0.2, -0.15) is 0 Å². The van der Waals surface area contributed by atoms with Gasteiger partial charge in [-0.25, -0.2) is 4.79 Å². The molecule has 1 aliphatic carbocycles. The van der Waals surface area contributed by atoms with Crippen LogP contribution in [0.3, 0.4) is 0 Å². The molecule has 122 valence electrons. The zero-order valence-electron chi connectivity index (χ0n) is 13.6. The maximum atomic E-state index is 11.6. The second-order valence-electron chi connectivity index (χ2n) is 5.99. The van der Waals surface area contributed by atoms with Gasteiger partial charge in [0, 0.05) is 12.6 Å². The van der Waals surface area contributed by atoms with E-state index in [0.29, 0.717) is 6.54 Å². The fourth-order valence-electron chi connectivity index (χ4n) is 2.60. The van der Waals surface area contributed by atoms with Gasteiger partial charge in [-0.1, -0.05) is 6.07 Å². The summed E-state index contributed by atoms with van der Waals surface area (Å²) in [6, 6.07) is 5.74. The minimum atomic E-state index is -0.163. The summed E-state index contributed by atoms with van der Waals surface area (Å²) in [5.74, 6) is 1.50. The second-order valence-corrected chi connectivity index (χ2v) is 5.99. The molecule has 1 aliphatic rings. The van der Waals surface area contributed by atoms with E-state index in [2.05, 4.69) is 10.6 Å². The van der Waals surface area contributed by atoms with Crippen LogP contribution >= 0.6 is 0 Å². The van der Waals surface area contributed by atoms with E-state index in [1.165, 1.54) is 12.8 Å². The quantitative estimate of drug-likeness (QED) is 0.848. The summed E-state index contributed by atoms with van der Waals surface area (Å²) in [6.07, 6.45) is 4.93. The number of hydrogen-bond donors (Lipinski definition) is 2. The van der Waals surface area contributed by atoms with Crippen LogP contribution in [0.25, 0.3) is 0 Å². The van der Waals surface area contributed by atoms with E-state index >= 15 is 0 Å². The summed E-state index contributed by atoms with van der Waals surface area (Å²) in [4.78, 5) is 11.6. The van der Waals surface area contributed by atoms with Gasteiger partial charge in [0.1, 0.15) is 0 Å². The van der Waals surface area contributed by atoms with Crippen molar-refractivity contribution in [2.75, 3.05) is 7.11 Å². The predicted octanol–water partition coefficient (Wildman–Crippen LogP) is 3.22. The van der Waals surface area contributed by atoms with Crippen molar-refractivity contribution < 1.29 is 14.3 Å². The highest BCUT2D eigenvalue weighted by Gasteiger charge is 2.18. The van der Waals surface area contributed by atoms with Crippen molar-refractivity contribution in [2.24, 2.45) is 0 Å². The average molecular weight is 306 g/mol. The van der Waals surface area contributed by atoms with Crippen LogP contribution in [0.2, 0.25) is 0 Å². The zero-order valence-corrected chi connectivity index (χ0v) is 13.6. The lowest BCUT2D eigenvalue weighted by atomic mass is 10.2. The highest BCUT2D eigenvalue weighted by molar-refractivity contribution is 5.74. The van der Waals surface area contributed by atoms with Gasteiger partial charge in [-0.15, -0.1) is 0 Å². The van der Waals surface area contributed by atoms with Gasteiger partial charge in [0.15, 0.2) is 11.5 Å². The number of methoxy groups -OCH3 is 1. The van der Waals surface area contributed by atoms with Crippen LogP contribution in [0.1, 0.15) is 45.1 Å². The summed E-state index contributed by atoms with van der Waals surface area (Å²) in [5, 5.41) is 5.65. The first-order chi connectivity index (χ1) is 10.6. The number of nitrogens with one attached hydrogen (secondary N) is 2. The Labute approximate surface area is 132 Å². The van der Waals surface area contributed by atoms with Crippen molar-refractivity contribution in [1.29, 1.82) is 0 Å². The molecule has 0 bridgehead atoms. The molecule has 2 N–H and O–H groups in total. The Morgan fingerprint density at radius 1 is 1.27 bits per heavy atom. The van der Waals surface area contributed by atoms with E-state index in [-0.39, 0.29) is 18.2 Å². The summed E-state index contributed by atoms with van der Waals surface area (Å²) in [5.41, 5.74) is 0.993. The molecular weight excluding hydrogens is 280 g/mol. The van der Waals surface area contributed by atoms with Gasteiger partial charge >= 0.3 is 6.03 Å². The van der Waals surface area contributed by atoms with Gasteiger partial charge in [-0.3, -0.25) is 0 Å². The maximum Gasteiger partial charge on any atom is 0.315 e. The molecule has 0 aromatic heterocycles. The SMILES string of the molecule is COc1ccc(CNC(=O)NC(C)C)cc1OC1CCCC1. The number of rotatable bonds is 6. The van der Waals surface area contributed by atoms with Crippen LogP contribution in [-0.2, 0) is 6.54 Å². The largest absolute Gasteiger partial charge is 0.493 e. The molecule has 0 aliphatic heterocycles. The van der Waals surface area contributed by atoms with Crippen molar-refractivity contribution in [3.63, 3.8) is 0 Å². The Morgan fingerprint density at radius 3 is 2.64 bits per heavy atom. The molecule has 1 fully saturated rings. The molecule has 0 unspecified atom stereocenters. The molecule has 2 amide bonds. The van der Waals surface area contributed by atoms with Crippen LogP contribution < -0.4 is 20.1 Å². The minimum absolute atomic E-state index is 0.122. The molecule has 5 heteroatoms. The number of ether oxygens (including phenoxy) is 2. The highest BCUT2D eigenvalue weighted by Crippen LogP contribution is 2.32. The topological polar surface area (TPSA) is 59.6 Å². The third-order valence-electron chi connectivity index (χ3n) is 3.70. The van der Waals surface area contributed by atoms with Gasteiger partial charge in [0.25, 0.3) is 0 Å². The van der Waals surface area contributed by atoms with Crippen molar-refractivity contribution in [1.82, 2.24) is 10.6 Å². The van der Waals surface area contributed by atoms with E-state index in [1.807, 2.05) is 32.0 Å². The first-order valence-electron chi connectivity index (χ1n) is 7.96. The number of carbonyl (C=O) groups is 1. The average Bonchev–Trinajstić information content (AvgIpc) is 2.97. The van der Waals surface area contributed by atoms with Gasteiger partial charge < -0.3 is 20.1 Å². The Balaban J connectivity index is 1.98. The molecule has 1 aromatic rings. The number of amides is 2. The predicted molar refractivity (Wildman–Crippen MR) is 86.4 cm³/mol. The third-order valence-corrected chi connectivity index (χ3v) is 3.70. The Morgan fingerprint density at radius 2 is 2.00 bits per heavy atom. The molecule has 5 nitrogen and oxygen atoms in total. The van der Waals surface area contributed by atoms with Crippen molar-refractivity contribution in [3.05, 3.63) is 23.8 Å². The normalized spacial score (nSPS) is 14.9. The molecule has 2 rings (SSSR count). The van der Waals surface area contributed by atoms with E-state index in [1.54, 1.807) is 7.11 Å². The first kappa shape index (κ1) is 16.5. The van der Waals surface area contributed by atoms with Crippen LogP contribution in [0.15, 0.2) is 18.2 Å². The van der Waals surface area contributed by atoms with E-state index in [4.69, 9.17) is 9.47 Å². The fourth-order valence-corrected chi connectivity index (χ4v) is 2.60. The number of carbonyl (C=O) groups excluding carboxylic acids is 1. The molecule has 1 saturated carbocycles. The van der Waals surface area contributed by atoms with Crippen LogP contribution in [0, 0.1) is 0 Å². The maximum absolute atomic E-state index is 11.6. The molecule has 0 saturated heterocycles. The molecular formula is C17H26N2O3. The van der Waals surface area contributed by atoms with E-state index in [9.17, 15) is 4.79 Å². The minimum Gasteiger partial charge on any atom is -0.493 e. The van der Waals surface area contributed by atoms with Crippen molar-refractivity contribution >= 4 is 6.03 Å². The van der Waals surface area contributed by atoms with Gasteiger partial charge in [0.2, 0.25) is 0 Å². The lowest BCUT2D eigenvalue weighted by molar-refractivity contribution is 0.200. The van der Waals surface area contributed by atoms with E-state index in [0.717, 1.165) is 29.9 Å². The molecule has 22 heavy (non-hydrogen) atoms. The standard InChI is InChI=1S/C17H26N2O3/c1-12(2)19-17(20)18-11-13-8-9-15(21-3)16(10-13)22-14-6-4-5-7-14/h8-10,12,14H,4-7,11H2,1-3H3,(H2,18,19,20). The van der Waals surface area contributed by atoms with Crippen LogP contribution in [-0.4, -0.2) is 25.3 Å². The summed E-state index contributed by atoms with van der Waals surface area (Å²) < 4.78 is 11.4. The van der Waals surface area contributed by atoms with Gasteiger partial charge in [0.05, 0.1) is 13.2 Å². The molecule has 0 heterocycles. The fraction of sp³-hybridized carbons (Fsp3) is 0.588. The van der Waals surface area contributed by atoms with Crippen molar-refractivity contribution in [3.8, 4) is 11.5 Å².